The Kier molecular flexibility index (Phi) is 5.61. The van der Waals surface area contributed by atoms with Crippen LogP contribution in [0.3, 0.4) is 0 Å². The minimum absolute atomic E-state index is 0.0374. The van der Waals surface area contributed by atoms with E-state index in [0.29, 0.717) is 10.7 Å². The van der Waals surface area contributed by atoms with Gasteiger partial charge in [0.05, 0.1) is 19.3 Å². The Morgan fingerprint density at radius 1 is 1.13 bits per heavy atom. The van der Waals surface area contributed by atoms with Gasteiger partial charge in [0.15, 0.2) is 0 Å². The third-order valence-electron chi connectivity index (χ3n) is 5.17. The largest absolute Gasteiger partial charge is 0.468 e. The number of benzene rings is 2. The van der Waals surface area contributed by atoms with Gasteiger partial charge >= 0.3 is 5.97 Å². The minimum Gasteiger partial charge on any atom is -0.468 e. The molecule has 0 N–H and O–H groups in total. The van der Waals surface area contributed by atoms with Crippen LogP contribution in [0.15, 0.2) is 59.4 Å². The molecule has 2 aromatic carbocycles. The number of aromatic nitrogens is 3. The van der Waals surface area contributed by atoms with Gasteiger partial charge in [-0.3, -0.25) is 9.59 Å². The third-order valence-corrected chi connectivity index (χ3v) is 5.40. The lowest BCUT2D eigenvalue weighted by Crippen LogP contribution is -2.23. The van der Waals surface area contributed by atoms with Crippen LogP contribution in [0.2, 0.25) is 5.02 Å². The summed E-state index contributed by atoms with van der Waals surface area (Å²) in [6.07, 6.45) is 0. The number of carbonyl (C=O) groups excluding carboxylic acids is 1. The SMILES string of the molecule is COC(=O)Cn1c(C)c(-c2ccc(=O)n(Cc3ccc(F)cc3)n2)c2cc(Cl)ccc21. The van der Waals surface area contributed by atoms with Crippen molar-refractivity contribution < 1.29 is 13.9 Å². The number of methoxy groups -OCH3 is 1. The van der Waals surface area contributed by atoms with Gasteiger partial charge in [-0.2, -0.15) is 5.10 Å². The molecule has 2 heterocycles. The summed E-state index contributed by atoms with van der Waals surface area (Å²) >= 11 is 6.24. The van der Waals surface area contributed by atoms with Crippen LogP contribution in [0.4, 0.5) is 4.39 Å². The maximum atomic E-state index is 13.2. The number of ether oxygens (including phenoxy) is 1. The molecule has 6 nitrogen and oxygen atoms in total. The van der Waals surface area contributed by atoms with Crippen LogP contribution in [0.5, 0.6) is 0 Å². The van der Waals surface area contributed by atoms with E-state index in [1.165, 1.54) is 30.0 Å². The molecule has 0 aliphatic carbocycles. The van der Waals surface area contributed by atoms with Crippen LogP contribution in [-0.2, 0) is 22.6 Å². The number of rotatable bonds is 5. The molecule has 158 valence electrons. The number of esters is 1. The first-order valence-corrected chi connectivity index (χ1v) is 9.93. The summed E-state index contributed by atoms with van der Waals surface area (Å²) < 4.78 is 21.2. The Morgan fingerprint density at radius 2 is 1.87 bits per heavy atom. The van der Waals surface area contributed by atoms with E-state index >= 15 is 0 Å². The molecule has 0 aliphatic heterocycles. The van der Waals surface area contributed by atoms with Crippen molar-refractivity contribution in [2.75, 3.05) is 7.11 Å². The highest BCUT2D eigenvalue weighted by molar-refractivity contribution is 6.31. The Balaban J connectivity index is 1.85. The monoisotopic (exact) mass is 439 g/mol. The molecule has 0 radical (unpaired) electrons. The van der Waals surface area contributed by atoms with Crippen molar-refractivity contribution in [3.63, 3.8) is 0 Å². The molecular formula is C23H19ClFN3O3. The van der Waals surface area contributed by atoms with Crippen LogP contribution in [-0.4, -0.2) is 27.4 Å². The number of halogens is 2. The Labute approximate surface area is 182 Å². The number of fused-ring (bicyclic) bond motifs is 1. The topological polar surface area (TPSA) is 66.1 Å². The fourth-order valence-electron chi connectivity index (χ4n) is 3.63. The van der Waals surface area contributed by atoms with Gasteiger partial charge < -0.3 is 9.30 Å². The van der Waals surface area contributed by atoms with Gasteiger partial charge in [0.25, 0.3) is 5.56 Å². The first-order chi connectivity index (χ1) is 14.9. The average molecular weight is 440 g/mol. The average Bonchev–Trinajstić information content (AvgIpc) is 3.01. The number of carbonyl (C=O) groups is 1. The molecule has 0 unspecified atom stereocenters. The Hall–Kier alpha value is -3.45. The smallest absolute Gasteiger partial charge is 0.325 e. The van der Waals surface area contributed by atoms with Gasteiger partial charge in [-0.25, -0.2) is 9.07 Å². The molecule has 0 amide bonds. The fraction of sp³-hybridized carbons (Fsp3) is 0.174. The number of hydrogen-bond acceptors (Lipinski definition) is 4. The summed E-state index contributed by atoms with van der Waals surface area (Å²) in [6, 6.07) is 14.4. The lowest BCUT2D eigenvalue weighted by Gasteiger charge is -2.09. The predicted octanol–water partition coefficient (Wildman–Crippen LogP) is 4.19. The highest BCUT2D eigenvalue weighted by atomic mass is 35.5. The van der Waals surface area contributed by atoms with Gasteiger partial charge in [0.2, 0.25) is 0 Å². The molecule has 0 aliphatic rings. The summed E-state index contributed by atoms with van der Waals surface area (Å²) in [5.41, 5.74) is 3.41. The van der Waals surface area contributed by atoms with Gasteiger partial charge in [0, 0.05) is 33.2 Å². The predicted molar refractivity (Wildman–Crippen MR) is 117 cm³/mol. The molecule has 0 spiro atoms. The van der Waals surface area contributed by atoms with Crippen molar-refractivity contribution in [1.82, 2.24) is 14.3 Å². The Bertz CT molecular complexity index is 1340. The first-order valence-electron chi connectivity index (χ1n) is 9.55. The molecule has 0 saturated carbocycles. The lowest BCUT2D eigenvalue weighted by molar-refractivity contribution is -0.141. The van der Waals surface area contributed by atoms with Crippen LogP contribution in [0.1, 0.15) is 11.3 Å². The van der Waals surface area contributed by atoms with Gasteiger partial charge in [-0.05, 0) is 48.9 Å². The minimum atomic E-state index is -0.379. The third kappa shape index (κ3) is 4.09. The molecule has 8 heteroatoms. The van der Waals surface area contributed by atoms with Crippen molar-refractivity contribution >= 4 is 28.5 Å². The molecule has 0 atom stereocenters. The second-order valence-corrected chi connectivity index (χ2v) is 7.56. The maximum Gasteiger partial charge on any atom is 0.325 e. The van der Waals surface area contributed by atoms with E-state index in [4.69, 9.17) is 16.3 Å². The van der Waals surface area contributed by atoms with Crippen molar-refractivity contribution in [3.05, 3.63) is 87.0 Å². The van der Waals surface area contributed by atoms with E-state index in [9.17, 15) is 14.0 Å². The molecule has 0 bridgehead atoms. The summed E-state index contributed by atoms with van der Waals surface area (Å²) in [6.45, 7) is 2.12. The van der Waals surface area contributed by atoms with Gasteiger partial charge in [0.1, 0.15) is 12.4 Å². The normalized spacial score (nSPS) is 11.1. The molecule has 4 aromatic rings. The first kappa shape index (κ1) is 20.8. The van der Waals surface area contributed by atoms with Gasteiger partial charge in [-0.15, -0.1) is 0 Å². The van der Waals surface area contributed by atoms with Crippen LogP contribution >= 0.6 is 11.6 Å². The number of nitrogens with zero attached hydrogens (tertiary/aromatic N) is 3. The summed E-state index contributed by atoms with van der Waals surface area (Å²) in [7, 11) is 1.34. The fourth-order valence-corrected chi connectivity index (χ4v) is 3.81. The standard InChI is InChI=1S/C23H19ClFN3O3/c1-14-23(18-11-16(24)5-9-20(18)27(14)13-22(30)31-2)19-8-10-21(29)28(26-19)12-15-3-6-17(25)7-4-15/h3-11H,12-13H2,1-2H3. The highest BCUT2D eigenvalue weighted by Crippen LogP contribution is 2.35. The van der Waals surface area contributed by atoms with Crippen LogP contribution in [0.25, 0.3) is 22.2 Å². The second-order valence-electron chi connectivity index (χ2n) is 7.13. The molecule has 4 rings (SSSR count). The van der Waals surface area contributed by atoms with E-state index in [0.717, 1.165) is 27.7 Å². The summed E-state index contributed by atoms with van der Waals surface area (Å²) in [5, 5.41) is 5.91. The van der Waals surface area contributed by atoms with Crippen LogP contribution in [0, 0.1) is 12.7 Å². The van der Waals surface area contributed by atoms with Crippen molar-refractivity contribution in [1.29, 1.82) is 0 Å². The molecule has 31 heavy (non-hydrogen) atoms. The zero-order chi connectivity index (χ0) is 22.1. The van der Waals surface area contributed by atoms with E-state index in [1.54, 1.807) is 24.3 Å². The van der Waals surface area contributed by atoms with Gasteiger partial charge in [-0.1, -0.05) is 23.7 Å². The van der Waals surface area contributed by atoms with Crippen molar-refractivity contribution in [2.24, 2.45) is 0 Å². The quantitative estimate of drug-likeness (QED) is 0.437. The zero-order valence-electron chi connectivity index (χ0n) is 16.9. The molecule has 0 saturated heterocycles. The van der Waals surface area contributed by atoms with E-state index in [-0.39, 0.29) is 30.4 Å². The van der Waals surface area contributed by atoms with E-state index in [1.807, 2.05) is 23.6 Å². The molecular weight excluding hydrogens is 421 g/mol. The summed E-state index contributed by atoms with van der Waals surface area (Å²) in [4.78, 5) is 24.4. The molecule has 0 fully saturated rings. The van der Waals surface area contributed by atoms with E-state index < -0.39 is 0 Å². The zero-order valence-corrected chi connectivity index (χ0v) is 17.7. The van der Waals surface area contributed by atoms with Crippen molar-refractivity contribution in [3.8, 4) is 11.3 Å². The lowest BCUT2D eigenvalue weighted by atomic mass is 10.1. The molecule has 2 aromatic heterocycles. The Morgan fingerprint density at radius 3 is 2.58 bits per heavy atom. The maximum absolute atomic E-state index is 13.2. The van der Waals surface area contributed by atoms with Crippen LogP contribution < -0.4 is 5.56 Å². The second kappa shape index (κ2) is 8.35. The van der Waals surface area contributed by atoms with E-state index in [2.05, 4.69) is 5.10 Å². The number of hydrogen-bond donors (Lipinski definition) is 0. The summed E-state index contributed by atoms with van der Waals surface area (Å²) in [5.74, 6) is -0.723. The highest BCUT2D eigenvalue weighted by Gasteiger charge is 2.19. The van der Waals surface area contributed by atoms with Crippen molar-refractivity contribution in [2.45, 2.75) is 20.0 Å².